The highest BCUT2D eigenvalue weighted by Crippen LogP contribution is 2.34. The molecule has 1 aromatic carbocycles. The number of primary amides is 1. The highest BCUT2D eigenvalue weighted by atomic mass is 16.2. The maximum absolute atomic E-state index is 12.2. The van der Waals surface area contributed by atoms with Crippen LogP contribution >= 0.6 is 0 Å². The van der Waals surface area contributed by atoms with Gasteiger partial charge in [-0.1, -0.05) is 12.1 Å². The fourth-order valence-corrected chi connectivity index (χ4v) is 1.96. The molecule has 3 N–H and O–H groups in total. The second-order valence-electron chi connectivity index (χ2n) is 4.62. The van der Waals surface area contributed by atoms with E-state index >= 15 is 0 Å². The second kappa shape index (κ2) is 3.76. The van der Waals surface area contributed by atoms with Gasteiger partial charge in [-0.05, 0) is 26.0 Å². The van der Waals surface area contributed by atoms with E-state index in [1.165, 1.54) is 4.90 Å². The van der Waals surface area contributed by atoms with E-state index in [9.17, 15) is 9.59 Å². The molecule has 1 aliphatic rings. The van der Waals surface area contributed by atoms with Crippen molar-refractivity contribution in [1.29, 1.82) is 0 Å². The van der Waals surface area contributed by atoms with Crippen molar-refractivity contribution in [2.75, 3.05) is 16.8 Å². The molecule has 0 atom stereocenters. The zero-order valence-electron chi connectivity index (χ0n) is 9.86. The van der Waals surface area contributed by atoms with Gasteiger partial charge in [0.25, 0.3) is 5.91 Å². The number of hydrogen-bond acceptors (Lipinski definition) is 3. The molecule has 5 nitrogen and oxygen atoms in total. The van der Waals surface area contributed by atoms with Crippen molar-refractivity contribution in [2.24, 2.45) is 5.73 Å². The Kier molecular flexibility index (Phi) is 2.53. The third-order valence-corrected chi connectivity index (χ3v) is 2.74. The van der Waals surface area contributed by atoms with Crippen LogP contribution in [0.2, 0.25) is 0 Å². The van der Waals surface area contributed by atoms with Crippen LogP contribution in [0.4, 0.5) is 11.4 Å². The van der Waals surface area contributed by atoms with E-state index in [2.05, 4.69) is 5.32 Å². The first-order valence-corrected chi connectivity index (χ1v) is 5.39. The Balaban J connectivity index is 2.48. The maximum atomic E-state index is 12.2. The first-order valence-electron chi connectivity index (χ1n) is 5.39. The monoisotopic (exact) mass is 233 g/mol. The molecule has 0 bridgehead atoms. The van der Waals surface area contributed by atoms with Gasteiger partial charge in [-0.3, -0.25) is 14.5 Å². The van der Waals surface area contributed by atoms with Crippen LogP contribution in [0, 0.1) is 0 Å². The number of fused-ring (bicyclic) bond motifs is 1. The molecule has 1 aromatic rings. The maximum Gasteiger partial charge on any atom is 0.252 e. The standard InChI is InChI=1S/C12H15N3O2/c1-12(2)11(17)15(7-10(13)16)9-6-4-3-5-8(9)14-12/h3-6,14H,7H2,1-2H3,(H2,13,16). The third kappa shape index (κ3) is 1.95. The predicted octanol–water partition coefficient (Wildman–Crippen LogP) is 0.709. The van der Waals surface area contributed by atoms with Crippen LogP contribution in [-0.2, 0) is 9.59 Å². The normalized spacial score (nSPS) is 17.3. The fourth-order valence-electron chi connectivity index (χ4n) is 1.96. The molecule has 0 aromatic heterocycles. The minimum Gasteiger partial charge on any atom is -0.370 e. The Morgan fingerprint density at radius 3 is 2.71 bits per heavy atom. The molecule has 0 saturated heterocycles. The Morgan fingerprint density at radius 1 is 1.41 bits per heavy atom. The van der Waals surface area contributed by atoms with Gasteiger partial charge < -0.3 is 11.1 Å². The minimum atomic E-state index is -0.732. The summed E-state index contributed by atoms with van der Waals surface area (Å²) in [6.07, 6.45) is 0. The summed E-state index contributed by atoms with van der Waals surface area (Å²) in [5, 5.41) is 3.15. The number of nitrogens with one attached hydrogen (secondary N) is 1. The number of benzene rings is 1. The van der Waals surface area contributed by atoms with Gasteiger partial charge in [0, 0.05) is 0 Å². The quantitative estimate of drug-likeness (QED) is 0.789. The molecule has 5 heteroatoms. The number of hydrogen-bond donors (Lipinski definition) is 2. The molecule has 0 aliphatic carbocycles. The number of rotatable bonds is 2. The van der Waals surface area contributed by atoms with Crippen molar-refractivity contribution < 1.29 is 9.59 Å². The average molecular weight is 233 g/mol. The van der Waals surface area contributed by atoms with Crippen LogP contribution in [0.5, 0.6) is 0 Å². The summed E-state index contributed by atoms with van der Waals surface area (Å²) in [6.45, 7) is 3.46. The summed E-state index contributed by atoms with van der Waals surface area (Å²) in [7, 11) is 0. The van der Waals surface area contributed by atoms with E-state index in [4.69, 9.17) is 5.73 Å². The predicted molar refractivity (Wildman–Crippen MR) is 65.7 cm³/mol. The number of nitrogens with two attached hydrogens (primary N) is 1. The molecular formula is C12H15N3O2. The second-order valence-corrected chi connectivity index (χ2v) is 4.62. The van der Waals surface area contributed by atoms with E-state index in [0.29, 0.717) is 5.69 Å². The van der Waals surface area contributed by atoms with E-state index < -0.39 is 11.4 Å². The highest BCUT2D eigenvalue weighted by Gasteiger charge is 2.38. The lowest BCUT2D eigenvalue weighted by Crippen LogP contribution is -2.55. The molecule has 1 heterocycles. The Labute approximate surface area is 99.6 Å². The summed E-state index contributed by atoms with van der Waals surface area (Å²) in [6, 6.07) is 7.36. The van der Waals surface area contributed by atoms with Crippen molar-refractivity contribution >= 4 is 23.2 Å². The summed E-state index contributed by atoms with van der Waals surface area (Å²) in [5.74, 6) is -0.680. The van der Waals surface area contributed by atoms with Crippen molar-refractivity contribution in [3.63, 3.8) is 0 Å². The van der Waals surface area contributed by atoms with E-state index in [0.717, 1.165) is 5.69 Å². The smallest absolute Gasteiger partial charge is 0.252 e. The lowest BCUT2D eigenvalue weighted by atomic mass is 9.98. The van der Waals surface area contributed by atoms with Crippen molar-refractivity contribution in [1.82, 2.24) is 0 Å². The third-order valence-electron chi connectivity index (χ3n) is 2.74. The number of anilines is 2. The molecule has 17 heavy (non-hydrogen) atoms. The van der Waals surface area contributed by atoms with Crippen molar-refractivity contribution in [2.45, 2.75) is 19.4 Å². The largest absolute Gasteiger partial charge is 0.370 e. The van der Waals surface area contributed by atoms with E-state index in [-0.39, 0.29) is 12.5 Å². The molecule has 0 fully saturated rings. The zero-order chi connectivity index (χ0) is 12.6. The van der Waals surface area contributed by atoms with Crippen LogP contribution in [-0.4, -0.2) is 23.9 Å². The van der Waals surface area contributed by atoms with E-state index in [1.807, 2.05) is 18.2 Å². The molecule has 0 saturated carbocycles. The van der Waals surface area contributed by atoms with Crippen LogP contribution in [0.15, 0.2) is 24.3 Å². The number of carbonyl (C=O) groups excluding carboxylic acids is 2. The van der Waals surface area contributed by atoms with Gasteiger partial charge in [-0.25, -0.2) is 0 Å². The molecule has 2 rings (SSSR count). The van der Waals surface area contributed by atoms with Gasteiger partial charge in [0.1, 0.15) is 12.1 Å². The van der Waals surface area contributed by atoms with Crippen LogP contribution in [0.25, 0.3) is 0 Å². The first kappa shape index (κ1) is 11.4. The summed E-state index contributed by atoms with van der Waals surface area (Å²) >= 11 is 0. The lowest BCUT2D eigenvalue weighted by Gasteiger charge is -2.39. The average Bonchev–Trinajstić information content (AvgIpc) is 2.24. The van der Waals surface area contributed by atoms with Crippen LogP contribution < -0.4 is 16.0 Å². The Bertz CT molecular complexity index is 482. The highest BCUT2D eigenvalue weighted by molar-refractivity contribution is 6.09. The number of nitrogens with zero attached hydrogens (tertiary/aromatic N) is 1. The van der Waals surface area contributed by atoms with Gasteiger partial charge >= 0.3 is 0 Å². The molecule has 90 valence electrons. The van der Waals surface area contributed by atoms with Gasteiger partial charge in [-0.2, -0.15) is 0 Å². The van der Waals surface area contributed by atoms with Crippen molar-refractivity contribution in [3.8, 4) is 0 Å². The number of carbonyl (C=O) groups is 2. The number of amides is 2. The molecule has 0 unspecified atom stereocenters. The van der Waals surface area contributed by atoms with Crippen LogP contribution in [0.1, 0.15) is 13.8 Å². The SMILES string of the molecule is CC1(C)Nc2ccccc2N(CC(N)=O)C1=O. The molecule has 0 spiro atoms. The molecule has 1 aliphatic heterocycles. The summed E-state index contributed by atoms with van der Waals surface area (Å²) < 4.78 is 0. The molecular weight excluding hydrogens is 218 g/mol. The molecule has 2 amide bonds. The van der Waals surface area contributed by atoms with Crippen LogP contribution in [0.3, 0.4) is 0 Å². The zero-order valence-corrected chi connectivity index (χ0v) is 9.86. The minimum absolute atomic E-state index is 0.0963. The number of para-hydroxylation sites is 2. The van der Waals surface area contributed by atoms with Gasteiger partial charge in [-0.15, -0.1) is 0 Å². The van der Waals surface area contributed by atoms with Gasteiger partial charge in [0.2, 0.25) is 5.91 Å². The van der Waals surface area contributed by atoms with Crippen molar-refractivity contribution in [3.05, 3.63) is 24.3 Å². The first-order chi connectivity index (χ1) is 7.92. The summed E-state index contributed by atoms with van der Waals surface area (Å²) in [4.78, 5) is 24.7. The molecule has 0 radical (unpaired) electrons. The topological polar surface area (TPSA) is 75.4 Å². The fraction of sp³-hybridized carbons (Fsp3) is 0.333. The Morgan fingerprint density at radius 2 is 2.06 bits per heavy atom. The van der Waals surface area contributed by atoms with Gasteiger partial charge in [0.15, 0.2) is 0 Å². The summed E-state index contributed by atoms with van der Waals surface area (Å²) in [5.41, 5.74) is 5.97. The Hall–Kier alpha value is -2.04. The van der Waals surface area contributed by atoms with Gasteiger partial charge in [0.05, 0.1) is 11.4 Å². The van der Waals surface area contributed by atoms with E-state index in [1.54, 1.807) is 19.9 Å². The lowest BCUT2D eigenvalue weighted by molar-refractivity contribution is -0.124.